The highest BCUT2D eigenvalue weighted by molar-refractivity contribution is 7.89. The molecule has 32 heavy (non-hydrogen) atoms. The molecule has 0 aliphatic carbocycles. The Morgan fingerprint density at radius 2 is 1.84 bits per heavy atom. The topological polar surface area (TPSA) is 88.1 Å². The lowest BCUT2D eigenvalue weighted by atomic mass is 9.96. The van der Waals surface area contributed by atoms with E-state index in [1.54, 1.807) is 19.2 Å². The Balaban J connectivity index is 1.57. The fourth-order valence-corrected chi connectivity index (χ4v) is 5.32. The highest BCUT2D eigenvalue weighted by Crippen LogP contribution is 2.31. The van der Waals surface area contributed by atoms with Crippen LogP contribution in [0.25, 0.3) is 0 Å². The van der Waals surface area contributed by atoms with E-state index < -0.39 is 21.7 Å². The number of aryl methyl sites for hydroxylation is 2. The van der Waals surface area contributed by atoms with Gasteiger partial charge in [0.15, 0.2) is 11.6 Å². The molecule has 1 aromatic carbocycles. The maximum atomic E-state index is 13.6. The molecule has 4 rings (SSSR count). The van der Waals surface area contributed by atoms with Gasteiger partial charge in [0.1, 0.15) is 17.5 Å². The summed E-state index contributed by atoms with van der Waals surface area (Å²) in [6.45, 7) is 4.24. The SMILES string of the molecule is Cc1ccnc(Nc2cc([C@@H]3CCCN(S(=O)(=O)c4ccc(F)c(F)c4)C3)nc(C)n2)c1. The predicted octanol–water partition coefficient (Wildman–Crippen LogP) is 4.08. The van der Waals surface area contributed by atoms with Gasteiger partial charge in [-0.2, -0.15) is 4.31 Å². The van der Waals surface area contributed by atoms with E-state index >= 15 is 0 Å². The summed E-state index contributed by atoms with van der Waals surface area (Å²) in [5.74, 6) is -0.646. The van der Waals surface area contributed by atoms with Crippen LogP contribution in [0.5, 0.6) is 0 Å². The van der Waals surface area contributed by atoms with Crippen molar-refractivity contribution in [1.82, 2.24) is 19.3 Å². The third kappa shape index (κ3) is 4.76. The Labute approximate surface area is 185 Å². The van der Waals surface area contributed by atoms with Crippen molar-refractivity contribution in [3.05, 3.63) is 71.3 Å². The van der Waals surface area contributed by atoms with E-state index in [4.69, 9.17) is 0 Å². The van der Waals surface area contributed by atoms with Crippen LogP contribution in [-0.2, 0) is 10.0 Å². The summed E-state index contributed by atoms with van der Waals surface area (Å²) in [4.78, 5) is 13.0. The molecule has 0 spiro atoms. The van der Waals surface area contributed by atoms with Crippen molar-refractivity contribution in [2.24, 2.45) is 0 Å². The van der Waals surface area contributed by atoms with Gasteiger partial charge >= 0.3 is 0 Å². The van der Waals surface area contributed by atoms with E-state index in [-0.39, 0.29) is 17.4 Å². The van der Waals surface area contributed by atoms with Crippen LogP contribution in [0, 0.1) is 25.5 Å². The van der Waals surface area contributed by atoms with Crippen LogP contribution in [-0.4, -0.2) is 40.8 Å². The first-order chi connectivity index (χ1) is 15.2. The minimum Gasteiger partial charge on any atom is -0.325 e. The highest BCUT2D eigenvalue weighted by atomic mass is 32.2. The Morgan fingerprint density at radius 3 is 2.59 bits per heavy atom. The smallest absolute Gasteiger partial charge is 0.243 e. The number of nitrogens with one attached hydrogen (secondary N) is 1. The van der Waals surface area contributed by atoms with Crippen molar-refractivity contribution < 1.29 is 17.2 Å². The van der Waals surface area contributed by atoms with E-state index in [2.05, 4.69) is 20.3 Å². The lowest BCUT2D eigenvalue weighted by Crippen LogP contribution is -2.39. The fraction of sp³-hybridized carbons (Fsp3) is 0.318. The van der Waals surface area contributed by atoms with Gasteiger partial charge in [-0.15, -0.1) is 0 Å². The quantitative estimate of drug-likeness (QED) is 0.619. The summed E-state index contributed by atoms with van der Waals surface area (Å²) in [5, 5.41) is 3.17. The second-order valence-electron chi connectivity index (χ2n) is 7.85. The molecule has 0 saturated carbocycles. The minimum atomic E-state index is -3.96. The highest BCUT2D eigenvalue weighted by Gasteiger charge is 2.32. The monoisotopic (exact) mass is 459 g/mol. The molecular weight excluding hydrogens is 436 g/mol. The molecule has 1 atom stereocenters. The zero-order valence-corrected chi connectivity index (χ0v) is 18.5. The summed E-state index contributed by atoms with van der Waals surface area (Å²) in [6, 6.07) is 8.23. The van der Waals surface area contributed by atoms with Crippen molar-refractivity contribution in [3.63, 3.8) is 0 Å². The lowest BCUT2D eigenvalue weighted by Gasteiger charge is -2.31. The van der Waals surface area contributed by atoms with Crippen molar-refractivity contribution in [2.75, 3.05) is 18.4 Å². The van der Waals surface area contributed by atoms with E-state index in [1.165, 1.54) is 4.31 Å². The number of aromatic nitrogens is 3. The number of piperidine rings is 1. The van der Waals surface area contributed by atoms with Gasteiger partial charge in [-0.3, -0.25) is 0 Å². The molecule has 0 bridgehead atoms. The average Bonchev–Trinajstić information content (AvgIpc) is 2.75. The van der Waals surface area contributed by atoms with E-state index in [1.807, 2.05) is 19.1 Å². The third-order valence-corrected chi connectivity index (χ3v) is 7.22. The maximum absolute atomic E-state index is 13.6. The molecular formula is C22H23F2N5O2S. The van der Waals surface area contributed by atoms with Gasteiger partial charge in [-0.25, -0.2) is 32.2 Å². The van der Waals surface area contributed by atoms with E-state index in [0.717, 1.165) is 35.9 Å². The van der Waals surface area contributed by atoms with Gasteiger partial charge in [0.2, 0.25) is 10.0 Å². The zero-order valence-electron chi connectivity index (χ0n) is 17.7. The van der Waals surface area contributed by atoms with Crippen LogP contribution >= 0.6 is 0 Å². The van der Waals surface area contributed by atoms with Crippen LogP contribution in [0.3, 0.4) is 0 Å². The van der Waals surface area contributed by atoms with Gasteiger partial charge in [0.05, 0.1) is 10.6 Å². The van der Waals surface area contributed by atoms with Crippen molar-refractivity contribution in [1.29, 1.82) is 0 Å². The molecule has 168 valence electrons. The Bertz CT molecular complexity index is 1250. The van der Waals surface area contributed by atoms with Crippen LogP contribution in [0.2, 0.25) is 0 Å². The van der Waals surface area contributed by atoms with Crippen LogP contribution in [0.4, 0.5) is 20.4 Å². The molecule has 0 radical (unpaired) electrons. The number of anilines is 2. The van der Waals surface area contributed by atoms with Crippen LogP contribution in [0.15, 0.2) is 47.5 Å². The number of nitrogens with zero attached hydrogens (tertiary/aromatic N) is 4. The van der Waals surface area contributed by atoms with Gasteiger partial charge < -0.3 is 5.32 Å². The van der Waals surface area contributed by atoms with Crippen LogP contribution < -0.4 is 5.32 Å². The number of benzene rings is 1. The van der Waals surface area contributed by atoms with Gasteiger partial charge in [-0.1, -0.05) is 0 Å². The Kier molecular flexibility index (Phi) is 6.16. The molecule has 1 saturated heterocycles. The first-order valence-electron chi connectivity index (χ1n) is 10.2. The summed E-state index contributed by atoms with van der Waals surface area (Å²) in [6.07, 6.45) is 3.08. The third-order valence-electron chi connectivity index (χ3n) is 5.36. The number of pyridine rings is 1. The fourth-order valence-electron chi connectivity index (χ4n) is 3.79. The first-order valence-corrected chi connectivity index (χ1v) is 11.7. The van der Waals surface area contributed by atoms with Crippen molar-refractivity contribution >= 4 is 21.7 Å². The number of sulfonamides is 1. The van der Waals surface area contributed by atoms with Gasteiger partial charge in [0, 0.05) is 31.3 Å². The number of halogens is 2. The molecule has 1 aliphatic heterocycles. The zero-order chi connectivity index (χ0) is 22.9. The standard InChI is InChI=1S/C22H23F2N5O2S/c1-14-7-8-25-21(10-14)28-22-12-20(26-15(2)27-22)16-4-3-9-29(13-16)32(30,31)17-5-6-18(23)19(24)11-17/h5-8,10-12,16H,3-4,9,13H2,1-2H3,(H,25,26,27,28)/t16-/m1/s1. The number of hydrogen-bond acceptors (Lipinski definition) is 6. The Hall–Kier alpha value is -2.98. The molecule has 10 heteroatoms. The number of rotatable bonds is 5. The molecule has 7 nitrogen and oxygen atoms in total. The summed E-state index contributed by atoms with van der Waals surface area (Å²) in [5.41, 5.74) is 1.77. The average molecular weight is 460 g/mol. The molecule has 3 aromatic rings. The maximum Gasteiger partial charge on any atom is 0.243 e. The lowest BCUT2D eigenvalue weighted by molar-refractivity contribution is 0.312. The summed E-state index contributed by atoms with van der Waals surface area (Å²) >= 11 is 0. The second-order valence-corrected chi connectivity index (χ2v) is 9.78. The molecule has 2 aromatic heterocycles. The molecule has 1 N–H and O–H groups in total. The van der Waals surface area contributed by atoms with Crippen molar-refractivity contribution in [2.45, 2.75) is 37.5 Å². The molecule has 0 unspecified atom stereocenters. The second kappa shape index (κ2) is 8.87. The van der Waals surface area contributed by atoms with E-state index in [9.17, 15) is 17.2 Å². The predicted molar refractivity (Wildman–Crippen MR) is 116 cm³/mol. The van der Waals surface area contributed by atoms with Crippen LogP contribution in [0.1, 0.15) is 35.8 Å². The number of hydrogen-bond donors (Lipinski definition) is 1. The van der Waals surface area contributed by atoms with Gasteiger partial charge in [0.25, 0.3) is 0 Å². The molecule has 3 heterocycles. The summed E-state index contributed by atoms with van der Waals surface area (Å²) in [7, 11) is -3.96. The Morgan fingerprint density at radius 1 is 1.03 bits per heavy atom. The normalized spacial score (nSPS) is 17.3. The summed E-state index contributed by atoms with van der Waals surface area (Å²) < 4.78 is 54.2. The molecule has 0 amide bonds. The van der Waals surface area contributed by atoms with E-state index in [0.29, 0.717) is 30.4 Å². The van der Waals surface area contributed by atoms with Gasteiger partial charge in [-0.05, 0) is 62.6 Å². The first kappa shape index (κ1) is 22.2. The largest absolute Gasteiger partial charge is 0.325 e. The molecule has 1 aliphatic rings. The minimum absolute atomic E-state index is 0.156. The molecule has 1 fully saturated rings. The van der Waals surface area contributed by atoms with Crippen molar-refractivity contribution in [3.8, 4) is 0 Å².